The van der Waals surface area contributed by atoms with Crippen LogP contribution in [0.3, 0.4) is 0 Å². The van der Waals surface area contributed by atoms with E-state index in [0.29, 0.717) is 0 Å². The van der Waals surface area contributed by atoms with Crippen LogP contribution in [-0.2, 0) is 6.54 Å². The van der Waals surface area contributed by atoms with Gasteiger partial charge in [-0.05, 0) is 0 Å². The van der Waals surface area contributed by atoms with Gasteiger partial charge < -0.3 is 0 Å². The second-order valence-electron chi connectivity index (χ2n) is 2.95. The first-order valence-electron chi connectivity index (χ1n) is 4.44. The van der Waals surface area contributed by atoms with Crippen molar-refractivity contribution in [1.29, 1.82) is 0 Å². The van der Waals surface area contributed by atoms with E-state index in [0.717, 1.165) is 21.9 Å². The average Bonchev–Trinajstić information content (AvgIpc) is 2.55. The fourth-order valence-corrected chi connectivity index (χ4v) is 3.42. The van der Waals surface area contributed by atoms with E-state index in [2.05, 4.69) is 0 Å². The zero-order chi connectivity index (χ0) is 10.1. The first kappa shape index (κ1) is 9.56. The van der Waals surface area contributed by atoms with Crippen molar-refractivity contribution in [3.63, 3.8) is 0 Å². The van der Waals surface area contributed by atoms with Crippen LogP contribution in [0, 0.1) is 0 Å². The summed E-state index contributed by atoms with van der Waals surface area (Å²) >= 11 is 0.135. The van der Waals surface area contributed by atoms with Gasteiger partial charge in [-0.15, -0.1) is 0 Å². The van der Waals surface area contributed by atoms with Crippen molar-refractivity contribution in [2.24, 2.45) is 0 Å². The zero-order valence-electron chi connectivity index (χ0n) is 8.11. The molecule has 14 heavy (non-hydrogen) atoms. The molecule has 0 radical (unpaired) electrons. The topological polar surface area (TPSA) is 31.2 Å². The summed E-state index contributed by atoms with van der Waals surface area (Å²) in [6, 6.07) is 5.66. The summed E-state index contributed by atoms with van der Waals surface area (Å²) in [6.07, 6.45) is 0. The summed E-state index contributed by atoms with van der Waals surface area (Å²) in [7, 11) is 1.64. The number of nitrogens with zero attached hydrogens (tertiary/aromatic N) is 1. The molecule has 4 heteroatoms. The molecule has 0 N–H and O–H groups in total. The van der Waals surface area contributed by atoms with Crippen LogP contribution < -0.4 is 10.3 Å². The molecule has 74 valence electrons. The fourth-order valence-electron chi connectivity index (χ4n) is 1.38. The summed E-state index contributed by atoms with van der Waals surface area (Å²) in [5, 5.41) is 0.840. The molecule has 0 unspecified atom stereocenters. The first-order valence-corrected chi connectivity index (χ1v) is 6.06. The minimum absolute atomic E-state index is 0.135. The van der Waals surface area contributed by atoms with E-state index in [1.54, 1.807) is 7.11 Å². The van der Waals surface area contributed by atoms with Crippen molar-refractivity contribution in [3.8, 4) is 5.75 Å². The van der Waals surface area contributed by atoms with Crippen LogP contribution in [0.4, 0.5) is 0 Å². The van der Waals surface area contributed by atoms with Crippen LogP contribution in [-0.4, -0.2) is 25.4 Å². The Morgan fingerprint density at radius 1 is 1.50 bits per heavy atom. The van der Waals surface area contributed by atoms with Crippen LogP contribution >= 0.6 is 0 Å². The van der Waals surface area contributed by atoms with Gasteiger partial charge >= 0.3 is 87.6 Å². The SMILES string of the molecule is CCn1[se]c2cc(OC)ccc2c1=O. The zero-order valence-corrected chi connectivity index (χ0v) is 9.82. The molecule has 2 aromatic rings. The molecule has 0 saturated carbocycles. The number of methoxy groups -OCH3 is 1. The number of hydrogen-bond acceptors (Lipinski definition) is 2. The number of benzene rings is 1. The van der Waals surface area contributed by atoms with E-state index in [1.165, 1.54) is 0 Å². The van der Waals surface area contributed by atoms with Crippen LogP contribution in [0.5, 0.6) is 5.75 Å². The Bertz CT molecular complexity index is 512. The van der Waals surface area contributed by atoms with Crippen LogP contribution in [0.25, 0.3) is 9.65 Å². The monoisotopic (exact) mass is 257 g/mol. The Balaban J connectivity index is 2.73. The Morgan fingerprint density at radius 2 is 2.29 bits per heavy atom. The van der Waals surface area contributed by atoms with Crippen molar-refractivity contribution >= 4 is 24.4 Å². The molecule has 1 aromatic carbocycles. The van der Waals surface area contributed by atoms with Gasteiger partial charge in [-0.1, -0.05) is 0 Å². The van der Waals surface area contributed by atoms with Crippen molar-refractivity contribution in [2.75, 3.05) is 7.11 Å². The summed E-state index contributed by atoms with van der Waals surface area (Å²) in [6.45, 7) is 2.79. The average molecular weight is 256 g/mol. The van der Waals surface area contributed by atoms with Gasteiger partial charge in [-0.25, -0.2) is 0 Å². The molecule has 0 saturated heterocycles. The molecule has 2 rings (SSSR count). The predicted octanol–water partition coefficient (Wildman–Crippen LogP) is 1.09. The third-order valence-corrected chi connectivity index (χ3v) is 4.61. The van der Waals surface area contributed by atoms with Gasteiger partial charge in [0.15, 0.2) is 0 Å². The van der Waals surface area contributed by atoms with Crippen molar-refractivity contribution < 1.29 is 4.74 Å². The molecule has 0 atom stereocenters. The van der Waals surface area contributed by atoms with Crippen LogP contribution in [0.15, 0.2) is 23.0 Å². The second-order valence-corrected chi connectivity index (χ2v) is 5.18. The number of aromatic nitrogens is 1. The molecule has 3 nitrogen and oxygen atoms in total. The molecule has 0 aliphatic heterocycles. The number of aryl methyl sites for hydroxylation is 1. The normalized spacial score (nSPS) is 10.7. The second kappa shape index (κ2) is 3.64. The maximum atomic E-state index is 11.7. The van der Waals surface area contributed by atoms with Gasteiger partial charge in [0.25, 0.3) is 0 Å². The number of ether oxygens (including phenoxy) is 1. The molecule has 0 aliphatic rings. The van der Waals surface area contributed by atoms with E-state index in [4.69, 9.17) is 4.74 Å². The Kier molecular flexibility index (Phi) is 2.48. The van der Waals surface area contributed by atoms with E-state index in [9.17, 15) is 4.79 Å². The van der Waals surface area contributed by atoms with E-state index in [-0.39, 0.29) is 20.3 Å². The van der Waals surface area contributed by atoms with Gasteiger partial charge in [0.05, 0.1) is 0 Å². The van der Waals surface area contributed by atoms with E-state index in [1.807, 2.05) is 28.7 Å². The Labute approximate surface area is 87.9 Å². The predicted molar refractivity (Wildman–Crippen MR) is 57.4 cm³/mol. The summed E-state index contributed by atoms with van der Waals surface area (Å²) in [4.78, 5) is 11.7. The number of rotatable bonds is 2. The quantitative estimate of drug-likeness (QED) is 0.753. The summed E-state index contributed by atoms with van der Waals surface area (Å²) in [5.41, 5.74) is 0.158. The summed E-state index contributed by atoms with van der Waals surface area (Å²) in [5.74, 6) is 0.830. The van der Waals surface area contributed by atoms with Gasteiger partial charge in [0.1, 0.15) is 0 Å². The summed E-state index contributed by atoms with van der Waals surface area (Å²) < 4.78 is 8.14. The molecule has 0 aliphatic carbocycles. The third kappa shape index (κ3) is 1.41. The molecular weight excluding hydrogens is 245 g/mol. The molecule has 0 amide bonds. The number of hydrogen-bond donors (Lipinski definition) is 0. The minimum atomic E-state index is 0.135. The molecular formula is C10H11NO2Se. The Morgan fingerprint density at radius 3 is 2.93 bits per heavy atom. The third-order valence-electron chi connectivity index (χ3n) is 2.14. The maximum absolute atomic E-state index is 11.7. The molecule has 0 spiro atoms. The van der Waals surface area contributed by atoms with Crippen molar-refractivity contribution in [2.45, 2.75) is 13.5 Å². The molecule has 0 fully saturated rings. The Hall–Kier alpha value is -0.991. The van der Waals surface area contributed by atoms with E-state index >= 15 is 0 Å². The fraction of sp³-hybridized carbons (Fsp3) is 0.300. The van der Waals surface area contributed by atoms with Crippen molar-refractivity contribution in [3.05, 3.63) is 28.6 Å². The molecule has 1 heterocycles. The molecule has 1 aromatic heterocycles. The van der Waals surface area contributed by atoms with Gasteiger partial charge in [0, 0.05) is 0 Å². The molecule has 0 bridgehead atoms. The standard InChI is InChI=1S/C10H11NO2Se/c1-3-11-10(12)8-5-4-7(13-2)6-9(8)14-11/h4-6H,3H2,1-2H3. The van der Waals surface area contributed by atoms with Gasteiger partial charge in [-0.3, -0.25) is 0 Å². The van der Waals surface area contributed by atoms with Crippen LogP contribution in [0.2, 0.25) is 0 Å². The van der Waals surface area contributed by atoms with Crippen LogP contribution in [0.1, 0.15) is 6.92 Å². The van der Waals surface area contributed by atoms with E-state index < -0.39 is 0 Å². The first-order chi connectivity index (χ1) is 6.76. The van der Waals surface area contributed by atoms with Gasteiger partial charge in [0.2, 0.25) is 0 Å². The van der Waals surface area contributed by atoms with Crippen molar-refractivity contribution in [1.82, 2.24) is 3.56 Å². The number of fused-ring (bicyclic) bond motifs is 1. The van der Waals surface area contributed by atoms with Gasteiger partial charge in [-0.2, -0.15) is 0 Å².